The van der Waals surface area contributed by atoms with Crippen LogP contribution in [0.5, 0.6) is 0 Å². The van der Waals surface area contributed by atoms with Crippen molar-refractivity contribution in [2.24, 2.45) is 0 Å². The second-order valence-corrected chi connectivity index (χ2v) is 14.2. The van der Waals surface area contributed by atoms with Crippen LogP contribution in [0.2, 0.25) is 0 Å². The fourth-order valence-electron chi connectivity index (χ4n) is 7.37. The van der Waals surface area contributed by atoms with Crippen molar-refractivity contribution in [2.75, 3.05) is 60.2 Å². The molecule has 9 rings (SSSR count). The summed E-state index contributed by atoms with van der Waals surface area (Å²) in [4.78, 5) is 57.2. The van der Waals surface area contributed by atoms with E-state index in [-0.39, 0.29) is 18.0 Å². The van der Waals surface area contributed by atoms with E-state index in [1.165, 1.54) is 10.7 Å². The van der Waals surface area contributed by atoms with Crippen LogP contribution in [0.25, 0.3) is 27.7 Å². The lowest BCUT2D eigenvalue weighted by Gasteiger charge is -2.37. The summed E-state index contributed by atoms with van der Waals surface area (Å²) in [7, 11) is 1.77. The van der Waals surface area contributed by atoms with Gasteiger partial charge in [0.25, 0.3) is 5.91 Å². The summed E-state index contributed by atoms with van der Waals surface area (Å²) in [6, 6.07) is 19.1. The zero-order valence-corrected chi connectivity index (χ0v) is 30.6. The minimum atomic E-state index is -1.01. The molecule has 3 fully saturated rings. The van der Waals surface area contributed by atoms with Crippen LogP contribution in [0.4, 0.5) is 37.8 Å². The molecule has 4 amide bonds. The van der Waals surface area contributed by atoms with Crippen molar-refractivity contribution in [3.63, 3.8) is 0 Å². The van der Waals surface area contributed by atoms with Crippen molar-refractivity contribution in [3.05, 3.63) is 96.7 Å². The Morgan fingerprint density at radius 2 is 1.75 bits per heavy atom. The standard InChI is InChI=1S/C40H39FN12O3/c1-42-32-18-36(49-53-35(22-45-38(32)53)39(55)47-31-17-29(31)41)46-26-5-2-4-25(16-26)30-9-8-24(19-44-30)23-50-12-14-51(15-13-50)33-7-3-6-27-28(33)20-43-21-34(27)52-11-10-37(54)48-40(52)56/h2-9,16,18-22,29,31,42H,10-15,17,23H2,1H3,(H,46,49)(H,47,55)(H,48,54,56)/t29-,31+/m0/s1. The molecule has 0 unspecified atom stereocenters. The zero-order valence-electron chi connectivity index (χ0n) is 30.6. The highest BCUT2D eigenvalue weighted by Crippen LogP contribution is 2.34. The highest BCUT2D eigenvalue weighted by Gasteiger charge is 2.39. The fourth-order valence-corrected chi connectivity index (χ4v) is 7.37. The van der Waals surface area contributed by atoms with E-state index in [1.54, 1.807) is 18.1 Å². The first kappa shape index (κ1) is 35.0. The molecule has 16 heteroatoms. The highest BCUT2D eigenvalue weighted by atomic mass is 19.1. The molecular weight excluding hydrogens is 716 g/mol. The maximum absolute atomic E-state index is 13.5. The molecule has 4 N–H and O–H groups in total. The van der Waals surface area contributed by atoms with E-state index in [1.807, 2.05) is 60.9 Å². The van der Waals surface area contributed by atoms with E-state index >= 15 is 0 Å². The number of hydrogen-bond donors (Lipinski definition) is 4. The summed E-state index contributed by atoms with van der Waals surface area (Å²) in [5.41, 5.74) is 6.83. The second-order valence-electron chi connectivity index (χ2n) is 14.2. The molecule has 4 aromatic heterocycles. The summed E-state index contributed by atoms with van der Waals surface area (Å²) in [6.45, 7) is 4.51. The Kier molecular flexibility index (Phi) is 9.09. The third-order valence-corrected chi connectivity index (χ3v) is 10.5. The molecule has 1 aliphatic carbocycles. The molecule has 2 aromatic carbocycles. The molecule has 2 saturated heterocycles. The smallest absolute Gasteiger partial charge is 0.328 e. The maximum atomic E-state index is 13.5. The van der Waals surface area contributed by atoms with Gasteiger partial charge in [0, 0.05) is 105 Å². The summed E-state index contributed by atoms with van der Waals surface area (Å²) >= 11 is 0. The van der Waals surface area contributed by atoms with Crippen LogP contribution in [0.15, 0.2) is 85.5 Å². The van der Waals surface area contributed by atoms with Gasteiger partial charge in [-0.05, 0) is 29.8 Å². The molecular formula is C40H39FN12O3. The van der Waals surface area contributed by atoms with Gasteiger partial charge in [-0.1, -0.05) is 30.3 Å². The minimum Gasteiger partial charge on any atom is -0.385 e. The van der Waals surface area contributed by atoms with Crippen LogP contribution in [0.3, 0.4) is 0 Å². The van der Waals surface area contributed by atoms with Gasteiger partial charge >= 0.3 is 6.03 Å². The molecule has 2 aliphatic heterocycles. The first-order chi connectivity index (χ1) is 27.3. The third-order valence-electron chi connectivity index (χ3n) is 10.5. The van der Waals surface area contributed by atoms with Gasteiger partial charge < -0.3 is 20.9 Å². The molecule has 284 valence electrons. The van der Waals surface area contributed by atoms with Crippen molar-refractivity contribution in [2.45, 2.75) is 31.6 Å². The van der Waals surface area contributed by atoms with Crippen LogP contribution in [0, 0.1) is 0 Å². The first-order valence-electron chi connectivity index (χ1n) is 18.6. The molecule has 0 bridgehead atoms. The number of pyridine rings is 2. The Morgan fingerprint density at radius 3 is 2.52 bits per heavy atom. The molecule has 15 nitrogen and oxygen atoms in total. The number of rotatable bonds is 10. The van der Waals surface area contributed by atoms with Gasteiger partial charge in [0.2, 0.25) is 5.91 Å². The van der Waals surface area contributed by atoms with E-state index in [0.29, 0.717) is 35.8 Å². The average molecular weight is 755 g/mol. The van der Waals surface area contributed by atoms with Gasteiger partial charge in [-0.25, -0.2) is 18.7 Å². The van der Waals surface area contributed by atoms with Crippen molar-refractivity contribution < 1.29 is 18.8 Å². The van der Waals surface area contributed by atoms with E-state index in [9.17, 15) is 18.8 Å². The molecule has 2 atom stereocenters. The van der Waals surface area contributed by atoms with Crippen LogP contribution < -0.4 is 31.1 Å². The topological polar surface area (TPSA) is 165 Å². The maximum Gasteiger partial charge on any atom is 0.328 e. The van der Waals surface area contributed by atoms with E-state index in [0.717, 1.165) is 71.7 Å². The van der Waals surface area contributed by atoms with Crippen LogP contribution in [-0.4, -0.2) is 99.3 Å². The number of nitrogens with one attached hydrogen (secondary N) is 4. The number of alkyl halides is 1. The number of hydrogen-bond acceptors (Lipinski definition) is 11. The molecule has 56 heavy (non-hydrogen) atoms. The molecule has 0 spiro atoms. The van der Waals surface area contributed by atoms with Gasteiger partial charge in [-0.15, -0.1) is 5.10 Å². The molecule has 0 radical (unpaired) electrons. The Balaban J connectivity index is 0.844. The number of imidazole rings is 1. The molecule has 3 aliphatic rings. The van der Waals surface area contributed by atoms with Gasteiger partial charge in [-0.3, -0.25) is 34.7 Å². The van der Waals surface area contributed by atoms with Crippen molar-refractivity contribution in [1.82, 2.24) is 40.1 Å². The van der Waals surface area contributed by atoms with Crippen LogP contribution >= 0.6 is 0 Å². The number of nitrogens with zero attached hydrogens (tertiary/aromatic N) is 8. The largest absolute Gasteiger partial charge is 0.385 e. The lowest BCUT2D eigenvalue weighted by atomic mass is 10.1. The van der Waals surface area contributed by atoms with Gasteiger partial charge in [0.15, 0.2) is 17.2 Å². The minimum absolute atomic E-state index is 0.224. The molecule has 6 heterocycles. The number of fused-ring (bicyclic) bond motifs is 2. The Hall–Kier alpha value is -6.68. The number of carbonyl (C=O) groups excluding carboxylic acids is 3. The number of urea groups is 1. The number of halogens is 1. The van der Waals surface area contributed by atoms with Crippen LogP contribution in [-0.2, 0) is 11.3 Å². The highest BCUT2D eigenvalue weighted by molar-refractivity contribution is 6.11. The lowest BCUT2D eigenvalue weighted by Crippen LogP contribution is -2.49. The Bertz CT molecular complexity index is 2480. The number of aromatic nitrogens is 5. The summed E-state index contributed by atoms with van der Waals surface area (Å²) in [5, 5.41) is 18.1. The number of imide groups is 1. The summed E-state index contributed by atoms with van der Waals surface area (Å²) < 4.78 is 14.9. The zero-order chi connectivity index (χ0) is 38.3. The van der Waals surface area contributed by atoms with Crippen molar-refractivity contribution >= 4 is 62.8 Å². The average Bonchev–Trinajstić information content (AvgIpc) is 3.73. The van der Waals surface area contributed by atoms with Gasteiger partial charge in [0.05, 0.1) is 35.5 Å². The normalized spacial score (nSPS) is 18.6. The number of amides is 4. The SMILES string of the molecule is CNc1cc(Nc2cccc(-c3ccc(CN4CCN(c5cccc6c(N7CCC(=O)NC7=O)cncc56)CC4)cn3)c2)nn2c(C(=O)N[C@@H]3C[C@@H]3F)cnc12. The predicted molar refractivity (Wildman–Crippen MR) is 211 cm³/mol. The second kappa shape index (κ2) is 14.5. The predicted octanol–water partition coefficient (Wildman–Crippen LogP) is 4.73. The van der Waals surface area contributed by atoms with Gasteiger partial charge in [0.1, 0.15) is 6.17 Å². The Morgan fingerprint density at radius 1 is 0.911 bits per heavy atom. The molecule has 6 aromatic rings. The quantitative estimate of drug-likeness (QED) is 0.153. The van der Waals surface area contributed by atoms with E-state index < -0.39 is 24.2 Å². The van der Waals surface area contributed by atoms with E-state index in [2.05, 4.69) is 58.3 Å². The summed E-state index contributed by atoms with van der Waals surface area (Å²) in [5.74, 6) is -0.189. The van der Waals surface area contributed by atoms with Crippen molar-refractivity contribution in [3.8, 4) is 11.3 Å². The molecule has 1 saturated carbocycles. The lowest BCUT2D eigenvalue weighted by molar-refractivity contribution is -0.120. The summed E-state index contributed by atoms with van der Waals surface area (Å²) in [6.07, 6.45) is 6.47. The third kappa shape index (κ3) is 6.90. The number of benzene rings is 2. The van der Waals surface area contributed by atoms with Crippen molar-refractivity contribution in [1.29, 1.82) is 0 Å². The first-order valence-corrected chi connectivity index (χ1v) is 18.6. The Labute approximate surface area is 320 Å². The number of piperazine rings is 1. The van der Waals surface area contributed by atoms with Gasteiger partial charge in [-0.2, -0.15) is 0 Å². The number of carbonyl (C=O) groups is 3. The fraction of sp³-hybridized carbons (Fsp3) is 0.275. The number of anilines is 5. The van der Waals surface area contributed by atoms with E-state index in [4.69, 9.17) is 4.98 Å². The monoisotopic (exact) mass is 754 g/mol. The van der Waals surface area contributed by atoms with Crippen LogP contribution in [0.1, 0.15) is 28.9 Å².